The van der Waals surface area contributed by atoms with E-state index in [0.29, 0.717) is 0 Å². The molecule has 0 aliphatic heterocycles. The summed E-state index contributed by atoms with van der Waals surface area (Å²) < 4.78 is 4.91. The van der Waals surface area contributed by atoms with Gasteiger partial charge in [0.1, 0.15) is 12.7 Å². The Kier molecular flexibility index (Phi) is 4.61. The first kappa shape index (κ1) is 21.7. The Balaban J connectivity index is 1.54. The Hall–Kier alpha value is -5.14. The van der Waals surface area contributed by atoms with E-state index in [1.54, 1.807) is 0 Å². The van der Waals surface area contributed by atoms with Crippen molar-refractivity contribution in [3.05, 3.63) is 89.7 Å². The highest BCUT2D eigenvalue weighted by atomic mass is 16.2. The lowest BCUT2D eigenvalue weighted by Gasteiger charge is -2.07. The van der Waals surface area contributed by atoms with E-state index in [1.165, 1.54) is 45.4 Å². The summed E-state index contributed by atoms with van der Waals surface area (Å²) in [5, 5.41) is 0. The number of aromatic amines is 1. The molecule has 0 aliphatic rings. The lowest BCUT2D eigenvalue weighted by molar-refractivity contribution is 0.0952. The minimum absolute atomic E-state index is 0.0267. The molecule has 35 heavy (non-hydrogen) atoms. The number of nitrogens with zero attached hydrogens (tertiary/aromatic N) is 7. The molecule has 0 amide bonds. The van der Waals surface area contributed by atoms with Gasteiger partial charge in [-0.05, 0) is 24.3 Å². The van der Waals surface area contributed by atoms with Gasteiger partial charge >= 0.3 is 11.4 Å². The maximum absolute atomic E-state index is 13.1. The predicted molar refractivity (Wildman–Crippen MR) is 122 cm³/mol. The standard InChI is InChI=1S/C21H16N8O6/c1-25-15-13(19(33)27(3)21(25)35)29(9-23-15)17(31)11-6-4-10(5-7-11)16(30)28-8-22-14-12(28)18(32)26(2)20(34)24-14/h4-9H,1-3H3,(H,24,34). The van der Waals surface area contributed by atoms with Crippen LogP contribution in [-0.2, 0) is 21.1 Å². The third-order valence-corrected chi connectivity index (χ3v) is 5.77. The van der Waals surface area contributed by atoms with Crippen molar-refractivity contribution in [3.8, 4) is 0 Å². The lowest BCUT2D eigenvalue weighted by atomic mass is 10.1. The summed E-state index contributed by atoms with van der Waals surface area (Å²) in [4.78, 5) is 85.4. The minimum Gasteiger partial charge on any atom is -0.290 e. The number of nitrogens with one attached hydrogen (secondary N) is 1. The van der Waals surface area contributed by atoms with Crippen molar-refractivity contribution in [1.82, 2.24) is 37.8 Å². The molecule has 14 nitrogen and oxygen atoms in total. The fourth-order valence-electron chi connectivity index (χ4n) is 3.77. The third-order valence-electron chi connectivity index (χ3n) is 5.77. The molecule has 4 heterocycles. The van der Waals surface area contributed by atoms with Gasteiger partial charge in [0.15, 0.2) is 22.3 Å². The van der Waals surface area contributed by atoms with Crippen LogP contribution in [0.4, 0.5) is 0 Å². The van der Waals surface area contributed by atoms with E-state index >= 15 is 0 Å². The number of hydrogen-bond acceptors (Lipinski definition) is 8. The summed E-state index contributed by atoms with van der Waals surface area (Å²) in [6, 6.07) is 5.52. The Morgan fingerprint density at radius 3 is 1.83 bits per heavy atom. The number of carbonyl (C=O) groups excluding carboxylic acids is 2. The third kappa shape index (κ3) is 3.03. The fourth-order valence-corrected chi connectivity index (χ4v) is 3.77. The SMILES string of the molecule is Cn1c(=O)[nH]c2ncn(C(=O)c3ccc(C(=O)n4cnc5c4c(=O)n(C)c(=O)n5C)cc3)c2c1=O. The molecule has 14 heteroatoms. The molecule has 0 fully saturated rings. The van der Waals surface area contributed by atoms with E-state index in [0.717, 1.165) is 35.5 Å². The molecule has 1 N–H and O–H groups in total. The first-order chi connectivity index (χ1) is 16.6. The van der Waals surface area contributed by atoms with Crippen LogP contribution >= 0.6 is 0 Å². The van der Waals surface area contributed by atoms with Crippen LogP contribution in [0, 0.1) is 0 Å². The highest BCUT2D eigenvalue weighted by Crippen LogP contribution is 2.13. The van der Waals surface area contributed by atoms with Crippen LogP contribution in [-0.4, -0.2) is 49.6 Å². The molecule has 0 spiro atoms. The summed E-state index contributed by atoms with van der Waals surface area (Å²) in [6.45, 7) is 0. The van der Waals surface area contributed by atoms with Gasteiger partial charge in [-0.3, -0.25) is 47.0 Å². The van der Waals surface area contributed by atoms with Crippen LogP contribution in [0.25, 0.3) is 22.3 Å². The first-order valence-corrected chi connectivity index (χ1v) is 10.1. The topological polar surface area (TPSA) is 169 Å². The van der Waals surface area contributed by atoms with Crippen molar-refractivity contribution in [2.75, 3.05) is 0 Å². The summed E-state index contributed by atoms with van der Waals surface area (Å²) in [7, 11) is 4.01. The van der Waals surface area contributed by atoms with Crippen LogP contribution in [0.2, 0.25) is 0 Å². The molecular formula is C21H16N8O6. The van der Waals surface area contributed by atoms with Crippen LogP contribution in [0.1, 0.15) is 20.7 Å². The Labute approximate surface area is 192 Å². The zero-order valence-corrected chi connectivity index (χ0v) is 18.5. The van der Waals surface area contributed by atoms with Gasteiger partial charge in [-0.25, -0.2) is 19.6 Å². The number of carbonyl (C=O) groups is 2. The number of aromatic nitrogens is 8. The van der Waals surface area contributed by atoms with E-state index in [1.807, 2.05) is 0 Å². The molecule has 0 atom stereocenters. The van der Waals surface area contributed by atoms with Crippen molar-refractivity contribution in [1.29, 1.82) is 0 Å². The molecule has 5 aromatic rings. The van der Waals surface area contributed by atoms with Gasteiger partial charge in [-0.1, -0.05) is 0 Å². The average Bonchev–Trinajstić information content (AvgIpc) is 3.49. The van der Waals surface area contributed by atoms with E-state index in [-0.39, 0.29) is 33.5 Å². The summed E-state index contributed by atoms with van der Waals surface area (Å²) in [6.07, 6.45) is 2.28. The molecule has 176 valence electrons. The van der Waals surface area contributed by atoms with Gasteiger partial charge < -0.3 is 0 Å². The molecule has 4 aromatic heterocycles. The van der Waals surface area contributed by atoms with Crippen molar-refractivity contribution >= 4 is 34.1 Å². The van der Waals surface area contributed by atoms with Crippen LogP contribution in [0.5, 0.6) is 0 Å². The average molecular weight is 476 g/mol. The predicted octanol–water partition coefficient (Wildman–Crippen LogP) is -1.45. The highest BCUT2D eigenvalue weighted by Gasteiger charge is 2.21. The van der Waals surface area contributed by atoms with E-state index in [4.69, 9.17) is 0 Å². The van der Waals surface area contributed by atoms with Gasteiger partial charge in [0.05, 0.1) is 0 Å². The number of fused-ring (bicyclic) bond motifs is 2. The van der Waals surface area contributed by atoms with Gasteiger partial charge in [0.2, 0.25) is 0 Å². The van der Waals surface area contributed by atoms with Gasteiger partial charge in [-0.2, -0.15) is 0 Å². The molecule has 0 bridgehead atoms. The second kappa shape index (κ2) is 7.44. The summed E-state index contributed by atoms with van der Waals surface area (Å²) in [5.41, 5.74) is -2.43. The largest absolute Gasteiger partial charge is 0.332 e. The lowest BCUT2D eigenvalue weighted by Crippen LogP contribution is -2.38. The first-order valence-electron chi connectivity index (χ1n) is 10.1. The number of H-pyrrole nitrogens is 1. The maximum atomic E-state index is 13.1. The number of rotatable bonds is 2. The zero-order valence-electron chi connectivity index (χ0n) is 18.5. The van der Waals surface area contributed by atoms with Crippen molar-refractivity contribution in [2.45, 2.75) is 0 Å². The number of hydrogen-bond donors (Lipinski definition) is 1. The monoisotopic (exact) mass is 476 g/mol. The minimum atomic E-state index is -0.690. The fraction of sp³-hybridized carbons (Fsp3) is 0.143. The van der Waals surface area contributed by atoms with Crippen molar-refractivity contribution < 1.29 is 9.59 Å². The molecular weight excluding hydrogens is 460 g/mol. The maximum Gasteiger partial charge on any atom is 0.332 e. The normalized spacial score (nSPS) is 11.4. The summed E-state index contributed by atoms with van der Waals surface area (Å²) >= 11 is 0. The molecule has 1 aromatic carbocycles. The van der Waals surface area contributed by atoms with Crippen molar-refractivity contribution in [2.24, 2.45) is 21.1 Å². The second-order valence-electron chi connectivity index (χ2n) is 7.79. The molecule has 0 radical (unpaired) electrons. The van der Waals surface area contributed by atoms with Gasteiger partial charge in [-0.15, -0.1) is 0 Å². The second-order valence-corrected chi connectivity index (χ2v) is 7.79. The Morgan fingerprint density at radius 1 is 0.714 bits per heavy atom. The molecule has 0 saturated heterocycles. The van der Waals surface area contributed by atoms with Crippen LogP contribution in [0.15, 0.2) is 56.1 Å². The van der Waals surface area contributed by atoms with E-state index in [9.17, 15) is 28.8 Å². The van der Waals surface area contributed by atoms with Gasteiger partial charge in [0.25, 0.3) is 22.9 Å². The van der Waals surface area contributed by atoms with Crippen LogP contribution in [0.3, 0.4) is 0 Å². The van der Waals surface area contributed by atoms with Gasteiger partial charge in [0, 0.05) is 32.3 Å². The molecule has 0 aliphatic carbocycles. The quantitative estimate of drug-likeness (QED) is 0.323. The van der Waals surface area contributed by atoms with E-state index < -0.39 is 34.3 Å². The Morgan fingerprint density at radius 2 is 1.23 bits per heavy atom. The molecule has 5 rings (SSSR count). The Bertz CT molecular complexity index is 1950. The van der Waals surface area contributed by atoms with Crippen molar-refractivity contribution in [3.63, 3.8) is 0 Å². The molecule has 0 unspecified atom stereocenters. The molecule has 0 saturated carbocycles. The van der Waals surface area contributed by atoms with E-state index in [2.05, 4.69) is 15.0 Å². The smallest absolute Gasteiger partial charge is 0.290 e. The zero-order chi connectivity index (χ0) is 25.2. The highest BCUT2D eigenvalue weighted by molar-refractivity contribution is 6.03. The summed E-state index contributed by atoms with van der Waals surface area (Å²) in [5.74, 6) is -1.20. The number of benzene rings is 1. The number of imidazole rings is 2. The number of aryl methyl sites for hydroxylation is 1. The van der Waals surface area contributed by atoms with Crippen LogP contribution < -0.4 is 22.5 Å².